The van der Waals surface area contributed by atoms with E-state index >= 15 is 0 Å². The van der Waals surface area contributed by atoms with E-state index in [1.165, 1.54) is 16.8 Å². The smallest absolute Gasteiger partial charge is 0.0668 e. The van der Waals surface area contributed by atoms with Gasteiger partial charge in [-0.3, -0.25) is 0 Å². The van der Waals surface area contributed by atoms with Crippen molar-refractivity contribution in [1.29, 1.82) is 0 Å². The third-order valence-corrected chi connectivity index (χ3v) is 3.71. The van der Waals surface area contributed by atoms with Gasteiger partial charge in [0.05, 0.1) is 19.8 Å². The van der Waals surface area contributed by atoms with Gasteiger partial charge in [-0.2, -0.15) is 0 Å². The molecule has 1 aromatic carbocycles. The molecule has 0 spiro atoms. The number of nitrogens with one attached hydrogen (secondary N) is 1. The minimum atomic E-state index is 0.434. The molecule has 0 radical (unpaired) electrons. The van der Waals surface area contributed by atoms with Gasteiger partial charge in [-0.15, -0.1) is 0 Å². The molecule has 2 rings (SSSR count). The van der Waals surface area contributed by atoms with Gasteiger partial charge in [-0.05, 0) is 25.5 Å². The second kappa shape index (κ2) is 7.62. The molecule has 1 aliphatic heterocycles. The van der Waals surface area contributed by atoms with Crippen LogP contribution in [0.25, 0.3) is 0 Å². The summed E-state index contributed by atoms with van der Waals surface area (Å²) in [5, 5.41) is 3.44. The van der Waals surface area contributed by atoms with Gasteiger partial charge in [-0.1, -0.05) is 17.7 Å². The van der Waals surface area contributed by atoms with Crippen LogP contribution in [0, 0.1) is 6.92 Å². The molecule has 1 aromatic rings. The van der Waals surface area contributed by atoms with Crippen LogP contribution in [0.5, 0.6) is 0 Å². The molecule has 1 aliphatic rings. The number of morpholine rings is 1. The van der Waals surface area contributed by atoms with Gasteiger partial charge in [0.1, 0.15) is 0 Å². The standard InChI is InChI=1S/C16H26N2O2/c1-13-4-5-16(18-7-9-20-12-14(18)2)15(10-13)11-17-6-8-19-3/h4-5,10,14,17H,6-9,11-12H2,1-3H3. The summed E-state index contributed by atoms with van der Waals surface area (Å²) in [7, 11) is 1.73. The Bertz CT molecular complexity index is 423. The zero-order chi connectivity index (χ0) is 14.4. The Hall–Kier alpha value is -1.10. The SMILES string of the molecule is COCCNCc1cc(C)ccc1N1CCOCC1C. The predicted octanol–water partition coefficient (Wildman–Crippen LogP) is 1.96. The van der Waals surface area contributed by atoms with Gasteiger partial charge in [0.15, 0.2) is 0 Å². The Kier molecular flexibility index (Phi) is 5.83. The van der Waals surface area contributed by atoms with Crippen molar-refractivity contribution in [2.75, 3.05) is 44.9 Å². The first kappa shape index (κ1) is 15.3. The largest absolute Gasteiger partial charge is 0.383 e. The Morgan fingerprint density at radius 3 is 3.05 bits per heavy atom. The van der Waals surface area contributed by atoms with Crippen LogP contribution in [0.3, 0.4) is 0 Å². The fraction of sp³-hybridized carbons (Fsp3) is 0.625. The van der Waals surface area contributed by atoms with Gasteiger partial charge in [-0.25, -0.2) is 0 Å². The number of rotatable bonds is 6. The maximum Gasteiger partial charge on any atom is 0.0668 e. The quantitative estimate of drug-likeness (QED) is 0.807. The maximum atomic E-state index is 5.54. The molecule has 0 amide bonds. The van der Waals surface area contributed by atoms with Crippen LogP contribution in [-0.2, 0) is 16.0 Å². The van der Waals surface area contributed by atoms with Gasteiger partial charge in [0, 0.05) is 38.5 Å². The molecule has 4 heteroatoms. The van der Waals surface area contributed by atoms with Crippen LogP contribution in [0.15, 0.2) is 18.2 Å². The van der Waals surface area contributed by atoms with E-state index < -0.39 is 0 Å². The summed E-state index contributed by atoms with van der Waals surface area (Å²) >= 11 is 0. The van der Waals surface area contributed by atoms with E-state index in [1.54, 1.807) is 7.11 Å². The Morgan fingerprint density at radius 1 is 1.45 bits per heavy atom. The van der Waals surface area contributed by atoms with Crippen molar-refractivity contribution in [1.82, 2.24) is 5.32 Å². The number of hydrogen-bond acceptors (Lipinski definition) is 4. The van der Waals surface area contributed by atoms with Crippen molar-refractivity contribution in [3.63, 3.8) is 0 Å². The molecule has 1 N–H and O–H groups in total. The normalized spacial score (nSPS) is 19.4. The van der Waals surface area contributed by atoms with Crippen LogP contribution in [0.4, 0.5) is 5.69 Å². The number of aryl methyl sites for hydroxylation is 1. The zero-order valence-corrected chi connectivity index (χ0v) is 12.8. The monoisotopic (exact) mass is 278 g/mol. The highest BCUT2D eigenvalue weighted by Crippen LogP contribution is 2.25. The highest BCUT2D eigenvalue weighted by molar-refractivity contribution is 5.56. The van der Waals surface area contributed by atoms with E-state index in [-0.39, 0.29) is 0 Å². The number of benzene rings is 1. The lowest BCUT2D eigenvalue weighted by Crippen LogP contribution is -2.44. The summed E-state index contributed by atoms with van der Waals surface area (Å²) in [6, 6.07) is 7.14. The lowest BCUT2D eigenvalue weighted by atomic mass is 10.1. The summed E-state index contributed by atoms with van der Waals surface area (Å²) in [6.07, 6.45) is 0. The zero-order valence-electron chi connectivity index (χ0n) is 12.8. The Morgan fingerprint density at radius 2 is 2.30 bits per heavy atom. The fourth-order valence-corrected chi connectivity index (χ4v) is 2.62. The molecule has 4 nitrogen and oxygen atoms in total. The molecule has 0 bridgehead atoms. The van der Waals surface area contributed by atoms with Crippen LogP contribution >= 0.6 is 0 Å². The molecule has 20 heavy (non-hydrogen) atoms. The molecule has 1 fully saturated rings. The highest BCUT2D eigenvalue weighted by atomic mass is 16.5. The highest BCUT2D eigenvalue weighted by Gasteiger charge is 2.21. The molecule has 0 aliphatic carbocycles. The van der Waals surface area contributed by atoms with E-state index in [1.807, 2.05) is 0 Å². The molecule has 1 unspecified atom stereocenters. The molecular formula is C16H26N2O2. The van der Waals surface area contributed by atoms with E-state index in [0.717, 1.165) is 39.5 Å². The second-order valence-corrected chi connectivity index (χ2v) is 5.42. The van der Waals surface area contributed by atoms with E-state index in [2.05, 4.69) is 42.3 Å². The molecule has 0 aromatic heterocycles. The first-order chi connectivity index (χ1) is 9.72. The lowest BCUT2D eigenvalue weighted by Gasteiger charge is -2.36. The fourth-order valence-electron chi connectivity index (χ4n) is 2.62. The number of anilines is 1. The summed E-state index contributed by atoms with van der Waals surface area (Å²) < 4.78 is 10.6. The first-order valence-electron chi connectivity index (χ1n) is 7.36. The Labute approximate surface area is 122 Å². The molecule has 1 atom stereocenters. The van der Waals surface area contributed by atoms with Gasteiger partial charge >= 0.3 is 0 Å². The van der Waals surface area contributed by atoms with Crippen LogP contribution < -0.4 is 10.2 Å². The molecular weight excluding hydrogens is 252 g/mol. The van der Waals surface area contributed by atoms with Crippen LogP contribution in [-0.4, -0.2) is 46.1 Å². The summed E-state index contributed by atoms with van der Waals surface area (Å²) in [5.74, 6) is 0. The van der Waals surface area contributed by atoms with Crippen LogP contribution in [0.1, 0.15) is 18.1 Å². The van der Waals surface area contributed by atoms with Gasteiger partial charge in [0.25, 0.3) is 0 Å². The molecule has 112 valence electrons. The van der Waals surface area contributed by atoms with E-state index in [9.17, 15) is 0 Å². The van der Waals surface area contributed by atoms with Crippen molar-refractivity contribution in [2.45, 2.75) is 26.4 Å². The second-order valence-electron chi connectivity index (χ2n) is 5.42. The number of ether oxygens (including phenoxy) is 2. The molecule has 1 saturated heterocycles. The summed E-state index contributed by atoms with van der Waals surface area (Å²) in [5.41, 5.74) is 3.99. The van der Waals surface area contributed by atoms with Gasteiger partial charge < -0.3 is 19.7 Å². The lowest BCUT2D eigenvalue weighted by molar-refractivity contribution is 0.0988. The first-order valence-corrected chi connectivity index (χ1v) is 7.36. The molecule has 1 heterocycles. The van der Waals surface area contributed by atoms with Crippen molar-refractivity contribution in [2.24, 2.45) is 0 Å². The average Bonchev–Trinajstić information content (AvgIpc) is 2.45. The Balaban J connectivity index is 2.10. The van der Waals surface area contributed by atoms with Crippen molar-refractivity contribution >= 4 is 5.69 Å². The third kappa shape index (κ3) is 3.95. The van der Waals surface area contributed by atoms with Crippen molar-refractivity contribution in [3.8, 4) is 0 Å². The minimum Gasteiger partial charge on any atom is -0.383 e. The maximum absolute atomic E-state index is 5.54. The van der Waals surface area contributed by atoms with E-state index in [0.29, 0.717) is 6.04 Å². The summed E-state index contributed by atoms with van der Waals surface area (Å²) in [6.45, 7) is 9.46. The van der Waals surface area contributed by atoms with Gasteiger partial charge in [0.2, 0.25) is 0 Å². The van der Waals surface area contributed by atoms with E-state index in [4.69, 9.17) is 9.47 Å². The number of nitrogens with zero attached hydrogens (tertiary/aromatic N) is 1. The van der Waals surface area contributed by atoms with Crippen molar-refractivity contribution in [3.05, 3.63) is 29.3 Å². The van der Waals surface area contributed by atoms with Crippen molar-refractivity contribution < 1.29 is 9.47 Å². The minimum absolute atomic E-state index is 0.434. The average molecular weight is 278 g/mol. The summed E-state index contributed by atoms with van der Waals surface area (Å²) in [4.78, 5) is 2.45. The molecule has 0 saturated carbocycles. The number of hydrogen-bond donors (Lipinski definition) is 1. The predicted molar refractivity (Wildman–Crippen MR) is 82.4 cm³/mol. The number of methoxy groups -OCH3 is 1. The van der Waals surface area contributed by atoms with Crippen LogP contribution in [0.2, 0.25) is 0 Å². The third-order valence-electron chi connectivity index (χ3n) is 3.71. The topological polar surface area (TPSA) is 33.7 Å².